The van der Waals surface area contributed by atoms with E-state index in [-0.39, 0.29) is 0 Å². The van der Waals surface area contributed by atoms with Gasteiger partial charge >= 0.3 is 0 Å². The lowest BCUT2D eigenvalue weighted by molar-refractivity contribution is 0.210. The van der Waals surface area contributed by atoms with Gasteiger partial charge in [-0.05, 0) is 25.6 Å². The van der Waals surface area contributed by atoms with Gasteiger partial charge in [0.25, 0.3) is 0 Å². The molecule has 0 bridgehead atoms. The fourth-order valence-electron chi connectivity index (χ4n) is 3.25. The number of nitrogens with zero attached hydrogens (tertiary/aromatic N) is 5. The Balaban J connectivity index is 1.35. The number of hydrogen-bond acceptors (Lipinski definition) is 7. The molecule has 0 unspecified atom stereocenters. The maximum atomic E-state index is 5.83. The summed E-state index contributed by atoms with van der Waals surface area (Å²) in [4.78, 5) is 13.5. The van der Waals surface area contributed by atoms with E-state index in [0.29, 0.717) is 18.5 Å². The van der Waals surface area contributed by atoms with E-state index in [1.807, 2.05) is 31.2 Å². The van der Waals surface area contributed by atoms with Crippen molar-refractivity contribution in [2.75, 3.05) is 20.1 Å². The number of aryl methyl sites for hydroxylation is 1. The van der Waals surface area contributed by atoms with Gasteiger partial charge in [-0.1, -0.05) is 17.3 Å². The number of likely N-dealkylation sites (tertiary alicyclic amines) is 1. The smallest absolute Gasteiger partial charge is 0.223 e. The maximum absolute atomic E-state index is 5.83. The van der Waals surface area contributed by atoms with Crippen molar-refractivity contribution in [3.63, 3.8) is 0 Å². The third-order valence-corrected chi connectivity index (χ3v) is 4.53. The summed E-state index contributed by atoms with van der Waals surface area (Å²) in [5.41, 5.74) is 1.78. The summed E-state index contributed by atoms with van der Waals surface area (Å²) in [6.45, 7) is 5.30. The molecule has 0 radical (unpaired) electrons. The number of likely N-dealkylation sites (N-methyl/N-ethyl adjacent to an activating group) is 1. The second-order valence-electron chi connectivity index (χ2n) is 6.40. The average molecular weight is 327 g/mol. The van der Waals surface area contributed by atoms with Gasteiger partial charge < -0.3 is 8.94 Å². The maximum Gasteiger partial charge on any atom is 0.223 e. The van der Waals surface area contributed by atoms with Crippen LogP contribution in [0.2, 0.25) is 0 Å². The molecule has 7 heteroatoms. The van der Waals surface area contributed by atoms with Crippen molar-refractivity contribution in [3.05, 3.63) is 41.9 Å². The zero-order valence-electron chi connectivity index (χ0n) is 14.0. The third kappa shape index (κ3) is 3.18. The summed E-state index contributed by atoms with van der Waals surface area (Å²) in [7, 11) is 2.11. The largest absolute Gasteiger partial charge is 0.439 e. The van der Waals surface area contributed by atoms with Crippen LogP contribution in [0.15, 0.2) is 33.2 Å². The summed E-state index contributed by atoms with van der Waals surface area (Å²) >= 11 is 0. The van der Waals surface area contributed by atoms with Gasteiger partial charge in [0, 0.05) is 26.1 Å². The van der Waals surface area contributed by atoms with Crippen molar-refractivity contribution in [1.82, 2.24) is 24.9 Å². The van der Waals surface area contributed by atoms with Gasteiger partial charge in [0.2, 0.25) is 11.8 Å². The van der Waals surface area contributed by atoms with Gasteiger partial charge in [0.05, 0.1) is 13.1 Å². The highest BCUT2D eigenvalue weighted by Crippen LogP contribution is 2.20. The molecule has 1 atom stereocenters. The van der Waals surface area contributed by atoms with Crippen LogP contribution in [0.25, 0.3) is 11.1 Å². The fraction of sp³-hybridized carbons (Fsp3) is 0.471. The molecule has 0 aliphatic carbocycles. The number of rotatable bonds is 5. The summed E-state index contributed by atoms with van der Waals surface area (Å²) in [5.74, 6) is 2.14. The highest BCUT2D eigenvalue weighted by Gasteiger charge is 2.27. The molecular formula is C17H21N5O2. The van der Waals surface area contributed by atoms with Crippen molar-refractivity contribution in [2.24, 2.45) is 0 Å². The molecule has 4 rings (SSSR count). The number of para-hydroxylation sites is 2. The molecule has 2 aromatic heterocycles. The Kier molecular flexibility index (Phi) is 4.03. The Morgan fingerprint density at radius 2 is 2.17 bits per heavy atom. The first-order chi connectivity index (χ1) is 11.7. The summed E-state index contributed by atoms with van der Waals surface area (Å²) in [6, 6.07) is 8.37. The van der Waals surface area contributed by atoms with Crippen LogP contribution in [0.3, 0.4) is 0 Å². The highest BCUT2D eigenvalue weighted by molar-refractivity contribution is 5.72. The number of oxazole rings is 1. The fourth-order valence-corrected chi connectivity index (χ4v) is 3.25. The third-order valence-electron chi connectivity index (χ3n) is 4.53. The van der Waals surface area contributed by atoms with E-state index in [4.69, 9.17) is 8.94 Å². The second-order valence-corrected chi connectivity index (χ2v) is 6.40. The topological polar surface area (TPSA) is 71.4 Å². The number of aromatic nitrogens is 3. The second kappa shape index (κ2) is 6.33. The Labute approximate surface area is 140 Å². The van der Waals surface area contributed by atoms with Crippen LogP contribution in [0.1, 0.15) is 24.0 Å². The van der Waals surface area contributed by atoms with E-state index in [1.54, 1.807) is 0 Å². The van der Waals surface area contributed by atoms with Crippen LogP contribution in [0, 0.1) is 6.92 Å². The first kappa shape index (κ1) is 15.3. The zero-order valence-corrected chi connectivity index (χ0v) is 14.0. The average Bonchev–Trinajstić information content (AvgIpc) is 3.27. The van der Waals surface area contributed by atoms with E-state index < -0.39 is 0 Å². The zero-order chi connectivity index (χ0) is 16.5. The first-order valence-electron chi connectivity index (χ1n) is 8.23. The number of benzene rings is 1. The minimum absolute atomic E-state index is 0.480. The van der Waals surface area contributed by atoms with Crippen LogP contribution in [-0.4, -0.2) is 51.1 Å². The molecule has 7 nitrogen and oxygen atoms in total. The normalized spacial score (nSPS) is 18.9. The number of hydrogen-bond donors (Lipinski definition) is 0. The van der Waals surface area contributed by atoms with Crippen LogP contribution < -0.4 is 0 Å². The highest BCUT2D eigenvalue weighted by atomic mass is 16.5. The van der Waals surface area contributed by atoms with Gasteiger partial charge in [-0.2, -0.15) is 4.98 Å². The van der Waals surface area contributed by atoms with Crippen molar-refractivity contribution >= 4 is 11.1 Å². The van der Waals surface area contributed by atoms with Gasteiger partial charge in [-0.15, -0.1) is 0 Å². The number of fused-ring (bicyclic) bond motifs is 1. The van der Waals surface area contributed by atoms with Crippen molar-refractivity contribution < 1.29 is 8.94 Å². The van der Waals surface area contributed by atoms with Crippen LogP contribution in [0.5, 0.6) is 0 Å². The van der Waals surface area contributed by atoms with Crippen LogP contribution in [-0.2, 0) is 13.1 Å². The molecule has 24 heavy (non-hydrogen) atoms. The summed E-state index contributed by atoms with van der Waals surface area (Å²) in [5, 5.41) is 3.97. The molecule has 0 saturated carbocycles. The van der Waals surface area contributed by atoms with Crippen molar-refractivity contribution in [3.8, 4) is 0 Å². The molecular weight excluding hydrogens is 306 g/mol. The van der Waals surface area contributed by atoms with Gasteiger partial charge in [0.15, 0.2) is 11.4 Å². The molecule has 126 valence electrons. The minimum Gasteiger partial charge on any atom is -0.439 e. The monoisotopic (exact) mass is 327 g/mol. The molecule has 1 aliphatic heterocycles. The van der Waals surface area contributed by atoms with E-state index in [9.17, 15) is 0 Å². The van der Waals surface area contributed by atoms with E-state index in [0.717, 1.165) is 48.9 Å². The Morgan fingerprint density at radius 3 is 2.96 bits per heavy atom. The van der Waals surface area contributed by atoms with Crippen molar-refractivity contribution in [2.45, 2.75) is 32.5 Å². The van der Waals surface area contributed by atoms with Gasteiger partial charge in [-0.3, -0.25) is 9.80 Å². The lowest BCUT2D eigenvalue weighted by Gasteiger charge is -2.22. The predicted molar refractivity (Wildman–Crippen MR) is 88.2 cm³/mol. The molecule has 3 aromatic rings. The predicted octanol–water partition coefficient (Wildman–Crippen LogP) is 2.23. The quantitative estimate of drug-likeness (QED) is 0.711. The molecule has 3 heterocycles. The molecule has 0 spiro atoms. The van der Waals surface area contributed by atoms with Gasteiger partial charge in [0.1, 0.15) is 5.52 Å². The molecule has 1 aromatic carbocycles. The van der Waals surface area contributed by atoms with E-state index >= 15 is 0 Å². The van der Waals surface area contributed by atoms with Crippen LogP contribution in [0.4, 0.5) is 0 Å². The molecule has 1 aliphatic rings. The lowest BCUT2D eigenvalue weighted by Crippen LogP contribution is -2.34. The van der Waals surface area contributed by atoms with E-state index in [2.05, 4.69) is 32.0 Å². The van der Waals surface area contributed by atoms with E-state index in [1.165, 1.54) is 0 Å². The summed E-state index contributed by atoms with van der Waals surface area (Å²) < 4.78 is 10.9. The standard InChI is InChI=1S/C17H21N5O2/c1-12-18-16(20-24-12)10-21(2)13-7-8-22(9-13)11-17-19-14-5-3-4-6-15(14)23-17/h3-6,13H,7-11H2,1-2H3/t13-/m1/s1. The van der Waals surface area contributed by atoms with Gasteiger partial charge in [-0.25, -0.2) is 4.98 Å². The minimum atomic E-state index is 0.480. The molecule has 0 amide bonds. The van der Waals surface area contributed by atoms with Crippen LogP contribution >= 0.6 is 0 Å². The molecule has 0 N–H and O–H groups in total. The first-order valence-corrected chi connectivity index (χ1v) is 8.23. The Bertz CT molecular complexity index is 794. The Hall–Kier alpha value is -2.25. The SMILES string of the molecule is Cc1nc(CN(C)[C@@H]2CCN(Cc3nc4ccccc4o3)C2)no1. The summed E-state index contributed by atoms with van der Waals surface area (Å²) in [6.07, 6.45) is 1.12. The molecule has 1 saturated heterocycles. The Morgan fingerprint density at radius 1 is 1.29 bits per heavy atom. The lowest BCUT2D eigenvalue weighted by atomic mass is 10.2. The van der Waals surface area contributed by atoms with Crippen molar-refractivity contribution in [1.29, 1.82) is 0 Å². The molecule has 1 fully saturated rings.